The van der Waals surface area contributed by atoms with Gasteiger partial charge in [0, 0.05) is 37.5 Å². The van der Waals surface area contributed by atoms with Crippen molar-refractivity contribution in [1.82, 2.24) is 19.9 Å². The summed E-state index contributed by atoms with van der Waals surface area (Å²) in [6, 6.07) is 9.91. The molecule has 9 heteroatoms. The number of nitrogens with zero attached hydrogens (tertiary/aromatic N) is 3. The molecule has 0 aliphatic carbocycles. The summed E-state index contributed by atoms with van der Waals surface area (Å²) >= 11 is 1.51. The first kappa shape index (κ1) is 18.8. The Bertz CT molecular complexity index is 1160. The number of pyridine rings is 1. The Hall–Kier alpha value is -3.17. The first-order valence-corrected chi connectivity index (χ1v) is 10.6. The highest BCUT2D eigenvalue weighted by Gasteiger charge is 2.22. The summed E-state index contributed by atoms with van der Waals surface area (Å²) in [5, 5.41) is 0.602. The Morgan fingerprint density at radius 2 is 2.13 bits per heavy atom. The fourth-order valence-corrected chi connectivity index (χ4v) is 4.64. The number of hydrogen-bond acceptors (Lipinski definition) is 7. The maximum Gasteiger partial charge on any atom is 0.404 e. The summed E-state index contributed by atoms with van der Waals surface area (Å²) in [4.78, 5) is 25.7. The van der Waals surface area contributed by atoms with E-state index in [1.165, 1.54) is 11.3 Å². The first-order chi connectivity index (χ1) is 14.6. The van der Waals surface area contributed by atoms with Gasteiger partial charge in [0.25, 0.3) is 5.19 Å². The molecule has 4 heterocycles. The standard InChI is InChI=1S/C21H21N5O3S/c22-20(27)28-14-5-7-26(8-6-14)12-13-10-23-17-9-15(11-24-19(13)17)29-21-25-16-3-1-2-4-18(16)30-21/h1-4,9-11,14,23H,5-8,12H2,(H2,22,27). The Balaban J connectivity index is 1.26. The smallest absolute Gasteiger partial charge is 0.404 e. The molecule has 0 unspecified atom stereocenters. The second-order valence-electron chi connectivity index (χ2n) is 7.34. The van der Waals surface area contributed by atoms with Crippen LogP contribution in [0.1, 0.15) is 18.4 Å². The molecular formula is C21H21N5O3S. The highest BCUT2D eigenvalue weighted by molar-refractivity contribution is 7.20. The van der Waals surface area contributed by atoms with Gasteiger partial charge in [-0.05, 0) is 25.0 Å². The van der Waals surface area contributed by atoms with Crippen molar-refractivity contribution < 1.29 is 14.3 Å². The number of aromatic amines is 1. The quantitative estimate of drug-likeness (QED) is 0.502. The molecule has 30 heavy (non-hydrogen) atoms. The van der Waals surface area contributed by atoms with Gasteiger partial charge in [-0.25, -0.2) is 9.78 Å². The number of ether oxygens (including phenoxy) is 2. The second kappa shape index (κ2) is 7.92. The SMILES string of the molecule is NC(=O)OC1CCN(Cc2c[nH]c3cc(Oc4nc5ccccc5s4)cnc23)CC1. The molecule has 1 aliphatic rings. The van der Waals surface area contributed by atoms with Crippen LogP contribution in [0.25, 0.3) is 21.3 Å². The van der Waals surface area contributed by atoms with E-state index in [1.807, 2.05) is 36.5 Å². The molecule has 0 saturated carbocycles. The molecule has 1 saturated heterocycles. The number of carbonyl (C=O) groups excluding carboxylic acids is 1. The number of fused-ring (bicyclic) bond motifs is 2. The van der Waals surface area contributed by atoms with E-state index in [1.54, 1.807) is 6.20 Å². The number of likely N-dealkylation sites (tertiary alicyclic amines) is 1. The first-order valence-electron chi connectivity index (χ1n) is 9.82. The Morgan fingerprint density at radius 3 is 2.93 bits per heavy atom. The maximum absolute atomic E-state index is 10.9. The van der Waals surface area contributed by atoms with E-state index >= 15 is 0 Å². The summed E-state index contributed by atoms with van der Waals surface area (Å²) in [5.41, 5.74) is 9.03. The topological polar surface area (TPSA) is 106 Å². The van der Waals surface area contributed by atoms with E-state index in [2.05, 4.69) is 19.9 Å². The highest BCUT2D eigenvalue weighted by atomic mass is 32.1. The molecule has 4 aromatic rings. The molecule has 0 atom stereocenters. The zero-order valence-corrected chi connectivity index (χ0v) is 17.0. The van der Waals surface area contributed by atoms with Crippen LogP contribution in [-0.4, -0.2) is 45.1 Å². The van der Waals surface area contributed by atoms with Crippen molar-refractivity contribution in [3.8, 4) is 10.9 Å². The Kier molecular flexibility index (Phi) is 4.97. The average Bonchev–Trinajstić information content (AvgIpc) is 3.32. The zero-order chi connectivity index (χ0) is 20.5. The lowest BCUT2D eigenvalue weighted by Gasteiger charge is -2.30. The number of benzene rings is 1. The van der Waals surface area contributed by atoms with Gasteiger partial charge in [0.1, 0.15) is 6.10 Å². The lowest BCUT2D eigenvalue weighted by Crippen LogP contribution is -2.38. The minimum Gasteiger partial charge on any atom is -0.446 e. The summed E-state index contributed by atoms with van der Waals surface area (Å²) in [6.45, 7) is 2.49. The third-order valence-corrected chi connectivity index (χ3v) is 6.17. The van der Waals surface area contributed by atoms with E-state index in [-0.39, 0.29) is 6.10 Å². The third-order valence-electron chi connectivity index (χ3n) is 5.26. The number of primary amides is 1. The molecule has 154 valence electrons. The lowest BCUT2D eigenvalue weighted by molar-refractivity contribution is 0.0542. The molecule has 8 nitrogen and oxygen atoms in total. The molecule has 3 N–H and O–H groups in total. The molecule has 3 aromatic heterocycles. The van der Waals surface area contributed by atoms with Crippen LogP contribution in [0, 0.1) is 0 Å². The minimum absolute atomic E-state index is 0.0814. The summed E-state index contributed by atoms with van der Waals surface area (Å²) in [6.07, 6.45) is 4.53. The van der Waals surface area contributed by atoms with Crippen molar-refractivity contribution in [2.45, 2.75) is 25.5 Å². The van der Waals surface area contributed by atoms with Gasteiger partial charge in [0.05, 0.1) is 27.4 Å². The molecule has 0 bridgehead atoms. The van der Waals surface area contributed by atoms with Crippen molar-refractivity contribution in [2.24, 2.45) is 5.73 Å². The van der Waals surface area contributed by atoms with Gasteiger partial charge in [0.15, 0.2) is 5.75 Å². The van der Waals surface area contributed by atoms with Crippen molar-refractivity contribution in [3.63, 3.8) is 0 Å². The molecule has 1 aromatic carbocycles. The number of nitrogens with one attached hydrogen (secondary N) is 1. The predicted molar refractivity (Wildman–Crippen MR) is 115 cm³/mol. The van der Waals surface area contributed by atoms with Crippen LogP contribution in [0.2, 0.25) is 0 Å². The van der Waals surface area contributed by atoms with E-state index in [9.17, 15) is 4.79 Å². The molecule has 5 rings (SSSR count). The number of piperidine rings is 1. The average molecular weight is 423 g/mol. The zero-order valence-electron chi connectivity index (χ0n) is 16.2. The summed E-state index contributed by atoms with van der Waals surface area (Å²) in [7, 11) is 0. The fraction of sp³-hybridized carbons (Fsp3) is 0.286. The number of para-hydroxylation sites is 1. The van der Waals surface area contributed by atoms with Gasteiger partial charge >= 0.3 is 6.09 Å². The van der Waals surface area contributed by atoms with Gasteiger partial charge in [-0.1, -0.05) is 23.5 Å². The normalized spacial score (nSPS) is 15.6. The van der Waals surface area contributed by atoms with Crippen molar-refractivity contribution in [2.75, 3.05) is 13.1 Å². The summed E-state index contributed by atoms with van der Waals surface area (Å²) < 4.78 is 12.1. The van der Waals surface area contributed by atoms with Crippen LogP contribution in [0.5, 0.6) is 10.9 Å². The molecule has 1 fully saturated rings. The number of thiazole rings is 1. The van der Waals surface area contributed by atoms with E-state index < -0.39 is 6.09 Å². The summed E-state index contributed by atoms with van der Waals surface area (Å²) in [5.74, 6) is 0.652. The lowest BCUT2D eigenvalue weighted by atomic mass is 10.1. The van der Waals surface area contributed by atoms with Crippen LogP contribution in [-0.2, 0) is 11.3 Å². The number of carbonyl (C=O) groups is 1. The number of amides is 1. The fourth-order valence-electron chi connectivity index (χ4n) is 3.81. The van der Waals surface area contributed by atoms with Crippen molar-refractivity contribution >= 4 is 38.7 Å². The Labute approximate surface area is 176 Å². The molecule has 1 amide bonds. The second-order valence-corrected chi connectivity index (χ2v) is 8.34. The van der Waals surface area contributed by atoms with Gasteiger partial charge in [-0.2, -0.15) is 0 Å². The maximum atomic E-state index is 10.9. The number of aromatic nitrogens is 3. The predicted octanol–water partition coefficient (Wildman–Crippen LogP) is 4.02. The van der Waals surface area contributed by atoms with Crippen molar-refractivity contribution in [1.29, 1.82) is 0 Å². The van der Waals surface area contributed by atoms with Crippen LogP contribution < -0.4 is 10.5 Å². The van der Waals surface area contributed by atoms with Gasteiger partial charge in [0.2, 0.25) is 0 Å². The molecule has 0 spiro atoms. The molecular weight excluding hydrogens is 402 g/mol. The van der Waals surface area contributed by atoms with Crippen LogP contribution >= 0.6 is 11.3 Å². The number of hydrogen-bond donors (Lipinski definition) is 2. The number of nitrogens with two attached hydrogens (primary N) is 1. The largest absolute Gasteiger partial charge is 0.446 e. The van der Waals surface area contributed by atoms with Gasteiger partial charge < -0.3 is 20.2 Å². The van der Waals surface area contributed by atoms with Gasteiger partial charge in [-0.3, -0.25) is 9.88 Å². The highest BCUT2D eigenvalue weighted by Crippen LogP contribution is 2.32. The monoisotopic (exact) mass is 423 g/mol. The van der Waals surface area contributed by atoms with Crippen LogP contribution in [0.3, 0.4) is 0 Å². The van der Waals surface area contributed by atoms with Crippen molar-refractivity contribution in [3.05, 3.63) is 48.3 Å². The van der Waals surface area contributed by atoms with E-state index in [4.69, 9.17) is 15.2 Å². The molecule has 1 aliphatic heterocycles. The molecule has 0 radical (unpaired) electrons. The Morgan fingerprint density at radius 1 is 1.30 bits per heavy atom. The van der Waals surface area contributed by atoms with E-state index in [0.29, 0.717) is 10.9 Å². The van der Waals surface area contributed by atoms with Crippen LogP contribution in [0.4, 0.5) is 4.79 Å². The minimum atomic E-state index is -0.696. The number of H-pyrrole nitrogens is 1. The third kappa shape index (κ3) is 3.94. The van der Waals surface area contributed by atoms with Gasteiger partial charge in [-0.15, -0.1) is 0 Å². The van der Waals surface area contributed by atoms with E-state index in [0.717, 1.165) is 59.3 Å². The van der Waals surface area contributed by atoms with Crippen LogP contribution in [0.15, 0.2) is 42.7 Å². The number of rotatable bonds is 5.